The molecule has 1 N–H and O–H groups in total. The first-order valence-electron chi connectivity index (χ1n) is 8.76. The highest BCUT2D eigenvalue weighted by atomic mass is 16.5. The molecule has 1 spiro atoms. The fourth-order valence-electron chi connectivity index (χ4n) is 4.29. The van der Waals surface area contributed by atoms with Gasteiger partial charge in [0.05, 0.1) is 13.0 Å². The van der Waals surface area contributed by atoms with Gasteiger partial charge >= 0.3 is 0 Å². The number of benzene rings is 1. The lowest BCUT2D eigenvalue weighted by molar-refractivity contribution is -0.134. The van der Waals surface area contributed by atoms with E-state index in [2.05, 4.69) is 10.3 Å². The number of carbonyl (C=O) groups is 2. The first kappa shape index (κ1) is 16.8. The molecule has 7 heteroatoms. The molecule has 1 saturated heterocycles. The summed E-state index contributed by atoms with van der Waals surface area (Å²) in [5.74, 6) is 0.641. The largest absolute Gasteiger partial charge is 0.384 e. The number of amides is 2. The number of likely N-dealkylation sites (tertiary alicyclic amines) is 1. The van der Waals surface area contributed by atoms with Crippen LogP contribution in [0.2, 0.25) is 0 Å². The molecule has 0 bridgehead atoms. The molecule has 2 amide bonds. The van der Waals surface area contributed by atoms with Gasteiger partial charge in [0, 0.05) is 38.8 Å². The fourth-order valence-corrected chi connectivity index (χ4v) is 4.29. The van der Waals surface area contributed by atoms with Crippen LogP contribution in [-0.4, -0.2) is 46.5 Å². The monoisotopic (exact) mass is 354 g/mol. The number of ether oxygens (including phenoxy) is 1. The second-order valence-electron chi connectivity index (χ2n) is 6.85. The Bertz CT molecular complexity index is 862. The fraction of sp³-hybridized carbons (Fsp3) is 0.421. The third-order valence-corrected chi connectivity index (χ3v) is 5.53. The maximum Gasteiger partial charge on any atom is 0.237 e. The van der Waals surface area contributed by atoms with Crippen LogP contribution in [0.5, 0.6) is 0 Å². The Kier molecular flexibility index (Phi) is 4.03. The molecule has 2 atom stereocenters. The van der Waals surface area contributed by atoms with Gasteiger partial charge < -0.3 is 19.5 Å². The summed E-state index contributed by atoms with van der Waals surface area (Å²) in [7, 11) is 3.47. The zero-order valence-electron chi connectivity index (χ0n) is 14.9. The second-order valence-corrected chi connectivity index (χ2v) is 6.85. The van der Waals surface area contributed by atoms with E-state index >= 15 is 0 Å². The van der Waals surface area contributed by atoms with E-state index < -0.39 is 11.5 Å². The molecule has 2 aliphatic rings. The summed E-state index contributed by atoms with van der Waals surface area (Å²) in [4.78, 5) is 32.3. The third-order valence-electron chi connectivity index (χ3n) is 5.53. The van der Waals surface area contributed by atoms with Crippen LogP contribution in [0.25, 0.3) is 0 Å². The number of carbonyl (C=O) groups excluding carboxylic acids is 2. The summed E-state index contributed by atoms with van der Waals surface area (Å²) in [5.41, 5.74) is 0.960. The van der Waals surface area contributed by atoms with Gasteiger partial charge in [0.15, 0.2) is 0 Å². The summed E-state index contributed by atoms with van der Waals surface area (Å²) in [6, 6.07) is 7.30. The number of para-hydroxylation sites is 1. The summed E-state index contributed by atoms with van der Waals surface area (Å²) >= 11 is 0. The van der Waals surface area contributed by atoms with Crippen LogP contribution in [0, 0.1) is 0 Å². The lowest BCUT2D eigenvalue weighted by Gasteiger charge is -2.33. The van der Waals surface area contributed by atoms with Crippen molar-refractivity contribution in [3.05, 3.63) is 48.0 Å². The van der Waals surface area contributed by atoms with Crippen LogP contribution in [0.4, 0.5) is 5.69 Å². The van der Waals surface area contributed by atoms with E-state index in [9.17, 15) is 9.59 Å². The minimum Gasteiger partial charge on any atom is -0.384 e. The molecule has 1 aromatic carbocycles. The van der Waals surface area contributed by atoms with Gasteiger partial charge in [0.1, 0.15) is 17.3 Å². The quantitative estimate of drug-likeness (QED) is 0.905. The van der Waals surface area contributed by atoms with Crippen molar-refractivity contribution in [1.82, 2.24) is 14.5 Å². The second kappa shape index (κ2) is 6.25. The van der Waals surface area contributed by atoms with Crippen molar-refractivity contribution in [3.8, 4) is 0 Å². The predicted octanol–water partition coefficient (Wildman–Crippen LogP) is 1.62. The molecule has 1 aromatic heterocycles. The molecule has 1 fully saturated rings. The van der Waals surface area contributed by atoms with E-state index in [1.807, 2.05) is 42.1 Å². The van der Waals surface area contributed by atoms with Crippen molar-refractivity contribution in [2.45, 2.75) is 24.3 Å². The summed E-state index contributed by atoms with van der Waals surface area (Å²) < 4.78 is 6.96. The maximum atomic E-state index is 13.1. The number of aromatic nitrogens is 2. The number of nitrogens with one attached hydrogen (secondary N) is 1. The van der Waals surface area contributed by atoms with E-state index in [0.717, 1.165) is 17.1 Å². The van der Waals surface area contributed by atoms with Gasteiger partial charge in [-0.15, -0.1) is 0 Å². The van der Waals surface area contributed by atoms with Crippen molar-refractivity contribution in [2.75, 3.05) is 25.6 Å². The first-order chi connectivity index (χ1) is 12.6. The number of anilines is 1. The predicted molar refractivity (Wildman–Crippen MR) is 95.5 cm³/mol. The van der Waals surface area contributed by atoms with Crippen LogP contribution in [0.15, 0.2) is 36.7 Å². The lowest BCUT2D eigenvalue weighted by atomic mass is 9.74. The molecule has 3 heterocycles. The number of fused-ring (bicyclic) bond motifs is 2. The van der Waals surface area contributed by atoms with E-state index in [0.29, 0.717) is 19.6 Å². The minimum absolute atomic E-state index is 0.0195. The average Bonchev–Trinajstić information content (AvgIpc) is 3.31. The topological polar surface area (TPSA) is 76.5 Å². The third kappa shape index (κ3) is 2.27. The van der Waals surface area contributed by atoms with Gasteiger partial charge in [0.25, 0.3) is 0 Å². The van der Waals surface area contributed by atoms with Crippen LogP contribution in [0.3, 0.4) is 0 Å². The Labute approximate surface area is 152 Å². The molecule has 26 heavy (non-hydrogen) atoms. The molecule has 0 unspecified atom stereocenters. The number of hydrogen-bond donors (Lipinski definition) is 1. The molecule has 2 aliphatic heterocycles. The van der Waals surface area contributed by atoms with Gasteiger partial charge in [0.2, 0.25) is 11.8 Å². The normalized spacial score (nSPS) is 24.2. The highest BCUT2D eigenvalue weighted by molar-refractivity contribution is 6.07. The number of aryl methyl sites for hydroxylation is 1. The smallest absolute Gasteiger partial charge is 0.237 e. The summed E-state index contributed by atoms with van der Waals surface area (Å²) in [5, 5.41) is 3.01. The SMILES string of the molecule is COCCC(=O)N1CC[C@]2(C(=O)Nc3ccccc32)[C@@H]1c1nccn1C. The highest BCUT2D eigenvalue weighted by Crippen LogP contribution is 2.54. The van der Waals surface area contributed by atoms with Crippen molar-refractivity contribution >= 4 is 17.5 Å². The molecule has 136 valence electrons. The Morgan fingerprint density at radius 2 is 2.23 bits per heavy atom. The standard InChI is InChI=1S/C19H22N4O3/c1-22-11-9-20-17(22)16-19(8-10-23(16)15(24)7-12-26-2)13-5-3-4-6-14(13)21-18(19)25/h3-6,9,11,16H,7-8,10,12H2,1-2H3,(H,21,25)/t16-,19+/m0/s1. The zero-order valence-corrected chi connectivity index (χ0v) is 14.9. The number of imidazole rings is 1. The first-order valence-corrected chi connectivity index (χ1v) is 8.76. The van der Waals surface area contributed by atoms with E-state index in [4.69, 9.17) is 4.74 Å². The van der Waals surface area contributed by atoms with Crippen molar-refractivity contribution < 1.29 is 14.3 Å². The molecule has 0 saturated carbocycles. The Morgan fingerprint density at radius 1 is 1.42 bits per heavy atom. The molecule has 4 rings (SSSR count). The van der Waals surface area contributed by atoms with Gasteiger partial charge in [-0.25, -0.2) is 4.98 Å². The Morgan fingerprint density at radius 3 is 2.96 bits per heavy atom. The van der Waals surface area contributed by atoms with Crippen molar-refractivity contribution in [3.63, 3.8) is 0 Å². The zero-order chi connectivity index (χ0) is 18.3. The van der Waals surface area contributed by atoms with Gasteiger partial charge in [-0.3, -0.25) is 9.59 Å². The van der Waals surface area contributed by atoms with Crippen LogP contribution in [-0.2, 0) is 26.8 Å². The highest BCUT2D eigenvalue weighted by Gasteiger charge is 2.60. The van der Waals surface area contributed by atoms with Crippen LogP contribution < -0.4 is 5.32 Å². The van der Waals surface area contributed by atoms with E-state index in [1.165, 1.54) is 0 Å². The van der Waals surface area contributed by atoms with Crippen LogP contribution >= 0.6 is 0 Å². The van der Waals surface area contributed by atoms with Gasteiger partial charge in [-0.05, 0) is 18.1 Å². The molecule has 7 nitrogen and oxygen atoms in total. The molecule has 0 aliphatic carbocycles. The minimum atomic E-state index is -0.807. The number of rotatable bonds is 4. The van der Waals surface area contributed by atoms with Crippen LogP contribution in [0.1, 0.15) is 30.3 Å². The summed E-state index contributed by atoms with van der Waals surface area (Å²) in [6.45, 7) is 0.875. The molecular weight excluding hydrogens is 332 g/mol. The lowest BCUT2D eigenvalue weighted by Crippen LogP contribution is -2.44. The maximum absolute atomic E-state index is 13.1. The van der Waals surface area contributed by atoms with Crippen molar-refractivity contribution in [1.29, 1.82) is 0 Å². The Hall–Kier alpha value is -2.67. The molecular formula is C19H22N4O3. The number of nitrogens with zero attached hydrogens (tertiary/aromatic N) is 3. The summed E-state index contributed by atoms with van der Waals surface area (Å²) in [6.07, 6.45) is 4.42. The molecule has 2 aromatic rings. The van der Waals surface area contributed by atoms with Gasteiger partial charge in [-0.1, -0.05) is 18.2 Å². The number of hydrogen-bond acceptors (Lipinski definition) is 4. The van der Waals surface area contributed by atoms with E-state index in [-0.39, 0.29) is 18.2 Å². The van der Waals surface area contributed by atoms with E-state index in [1.54, 1.807) is 18.2 Å². The molecule has 0 radical (unpaired) electrons. The average molecular weight is 354 g/mol. The van der Waals surface area contributed by atoms with Crippen molar-refractivity contribution in [2.24, 2.45) is 7.05 Å². The van der Waals surface area contributed by atoms with Gasteiger partial charge in [-0.2, -0.15) is 0 Å². The Balaban J connectivity index is 1.84. The number of methoxy groups -OCH3 is 1.